The molecule has 1 fully saturated rings. The van der Waals surface area contributed by atoms with Gasteiger partial charge in [0.25, 0.3) is 11.8 Å². The average molecular weight is 466 g/mol. The van der Waals surface area contributed by atoms with Gasteiger partial charge in [0.15, 0.2) is 0 Å². The third kappa shape index (κ3) is 6.67. The van der Waals surface area contributed by atoms with Gasteiger partial charge in [-0.15, -0.1) is 0 Å². The predicted octanol–water partition coefficient (Wildman–Crippen LogP) is 3.11. The summed E-state index contributed by atoms with van der Waals surface area (Å²) in [5.41, 5.74) is 3.18. The number of ether oxygens (including phenoxy) is 1. The molecule has 7 nitrogen and oxygen atoms in total. The number of benzene rings is 2. The van der Waals surface area contributed by atoms with Gasteiger partial charge in [0.05, 0.1) is 0 Å². The second-order valence-corrected chi connectivity index (χ2v) is 8.90. The maximum absolute atomic E-state index is 13.1. The molecule has 7 heteroatoms. The molecule has 34 heavy (non-hydrogen) atoms. The molecule has 0 aromatic heterocycles. The largest absolute Gasteiger partial charge is 0.385 e. The Bertz CT molecular complexity index is 999. The van der Waals surface area contributed by atoms with E-state index in [-0.39, 0.29) is 23.6 Å². The van der Waals surface area contributed by atoms with Crippen LogP contribution < -0.4 is 10.6 Å². The van der Waals surface area contributed by atoms with E-state index in [9.17, 15) is 14.4 Å². The first kappa shape index (κ1) is 25.4. The molecule has 0 aliphatic carbocycles. The van der Waals surface area contributed by atoms with Crippen LogP contribution in [-0.2, 0) is 9.53 Å². The summed E-state index contributed by atoms with van der Waals surface area (Å²) < 4.78 is 5.05. The number of likely N-dealkylation sites (tertiary alicyclic amines) is 1. The van der Waals surface area contributed by atoms with E-state index in [2.05, 4.69) is 10.6 Å². The van der Waals surface area contributed by atoms with Gasteiger partial charge < -0.3 is 20.3 Å². The fraction of sp³-hybridized carbons (Fsp3) is 0.444. The summed E-state index contributed by atoms with van der Waals surface area (Å²) in [6, 6.07) is 14.2. The number of rotatable bonds is 9. The number of aryl methyl sites for hydroxylation is 2. The van der Waals surface area contributed by atoms with Crippen LogP contribution in [0.15, 0.2) is 48.5 Å². The van der Waals surface area contributed by atoms with E-state index in [0.29, 0.717) is 56.6 Å². The Labute approximate surface area is 201 Å². The smallest absolute Gasteiger partial charge is 0.254 e. The fourth-order valence-corrected chi connectivity index (χ4v) is 4.37. The molecule has 1 atom stereocenters. The standard InChI is InChI=1S/C27H35N3O4/c1-19-8-6-10-22(18-19)25(31)29-24(26(32)28-14-7-17-34-3)21-12-15-30(16-13-21)27(33)23-11-5-4-9-20(23)2/h4-6,8-11,18,21,24H,7,12-17H2,1-3H3,(H,28,32)(H,29,31). The highest BCUT2D eigenvalue weighted by molar-refractivity contribution is 5.98. The van der Waals surface area contributed by atoms with E-state index in [1.54, 1.807) is 13.2 Å². The van der Waals surface area contributed by atoms with Crippen LogP contribution in [0.1, 0.15) is 51.1 Å². The topological polar surface area (TPSA) is 87.7 Å². The van der Waals surface area contributed by atoms with Crippen LogP contribution in [-0.4, -0.2) is 62.0 Å². The second-order valence-electron chi connectivity index (χ2n) is 8.90. The van der Waals surface area contributed by atoms with Crippen molar-refractivity contribution in [3.05, 3.63) is 70.8 Å². The Hall–Kier alpha value is -3.19. The summed E-state index contributed by atoms with van der Waals surface area (Å²) >= 11 is 0. The van der Waals surface area contributed by atoms with Crippen molar-refractivity contribution < 1.29 is 19.1 Å². The number of nitrogens with zero attached hydrogens (tertiary/aromatic N) is 1. The predicted molar refractivity (Wildman–Crippen MR) is 132 cm³/mol. The zero-order chi connectivity index (χ0) is 24.5. The maximum atomic E-state index is 13.1. The van der Waals surface area contributed by atoms with Crippen molar-refractivity contribution in [2.75, 3.05) is 33.4 Å². The highest BCUT2D eigenvalue weighted by Gasteiger charge is 2.34. The molecule has 2 aromatic carbocycles. The highest BCUT2D eigenvalue weighted by Crippen LogP contribution is 2.24. The van der Waals surface area contributed by atoms with Crippen molar-refractivity contribution in [1.29, 1.82) is 0 Å². The minimum Gasteiger partial charge on any atom is -0.385 e. The van der Waals surface area contributed by atoms with Gasteiger partial charge in [-0.2, -0.15) is 0 Å². The van der Waals surface area contributed by atoms with Gasteiger partial charge in [0.1, 0.15) is 6.04 Å². The average Bonchev–Trinajstić information content (AvgIpc) is 2.85. The Morgan fingerprint density at radius 1 is 1.06 bits per heavy atom. The maximum Gasteiger partial charge on any atom is 0.254 e. The molecule has 1 aliphatic heterocycles. The number of hydrogen-bond acceptors (Lipinski definition) is 4. The summed E-state index contributed by atoms with van der Waals surface area (Å²) in [5, 5.41) is 5.91. The first-order valence-electron chi connectivity index (χ1n) is 11.9. The van der Waals surface area contributed by atoms with Crippen LogP contribution in [0.2, 0.25) is 0 Å². The molecule has 0 saturated carbocycles. The Morgan fingerprint density at radius 3 is 2.47 bits per heavy atom. The monoisotopic (exact) mass is 465 g/mol. The first-order chi connectivity index (χ1) is 16.4. The van der Waals surface area contributed by atoms with Gasteiger partial charge in [0, 0.05) is 44.5 Å². The number of methoxy groups -OCH3 is 1. The number of nitrogens with one attached hydrogen (secondary N) is 2. The molecule has 1 unspecified atom stereocenters. The van der Waals surface area contributed by atoms with Crippen LogP contribution in [0.3, 0.4) is 0 Å². The molecule has 1 aliphatic rings. The third-order valence-electron chi connectivity index (χ3n) is 6.35. The van der Waals surface area contributed by atoms with Crippen LogP contribution in [0, 0.1) is 19.8 Å². The summed E-state index contributed by atoms with van der Waals surface area (Å²) in [5.74, 6) is -0.502. The summed E-state index contributed by atoms with van der Waals surface area (Å²) in [6.45, 7) is 5.99. The molecule has 0 bridgehead atoms. The summed E-state index contributed by atoms with van der Waals surface area (Å²) in [6.07, 6.45) is 1.98. The highest BCUT2D eigenvalue weighted by atomic mass is 16.5. The number of carbonyl (C=O) groups is 3. The number of carbonyl (C=O) groups excluding carboxylic acids is 3. The zero-order valence-electron chi connectivity index (χ0n) is 20.3. The van der Waals surface area contributed by atoms with E-state index < -0.39 is 6.04 Å². The molecule has 2 aromatic rings. The first-order valence-corrected chi connectivity index (χ1v) is 11.9. The number of hydrogen-bond donors (Lipinski definition) is 2. The molecular formula is C27H35N3O4. The number of piperidine rings is 1. The molecule has 182 valence electrons. The van der Waals surface area contributed by atoms with E-state index >= 15 is 0 Å². The van der Waals surface area contributed by atoms with Crippen molar-refractivity contribution in [2.24, 2.45) is 5.92 Å². The molecule has 2 N–H and O–H groups in total. The Kier molecular flexibility index (Phi) is 9.22. The molecule has 0 radical (unpaired) electrons. The van der Waals surface area contributed by atoms with Crippen LogP contribution in [0.25, 0.3) is 0 Å². The molecule has 1 saturated heterocycles. The zero-order valence-corrected chi connectivity index (χ0v) is 20.3. The Morgan fingerprint density at radius 2 is 1.79 bits per heavy atom. The van der Waals surface area contributed by atoms with Gasteiger partial charge in [0.2, 0.25) is 5.91 Å². The van der Waals surface area contributed by atoms with Gasteiger partial charge in [-0.1, -0.05) is 35.9 Å². The number of amides is 3. The second kappa shape index (κ2) is 12.3. The van der Waals surface area contributed by atoms with Crippen LogP contribution in [0.5, 0.6) is 0 Å². The molecule has 0 spiro atoms. The van der Waals surface area contributed by atoms with Crippen molar-refractivity contribution in [2.45, 2.75) is 39.2 Å². The molecular weight excluding hydrogens is 430 g/mol. The lowest BCUT2D eigenvalue weighted by molar-refractivity contribution is -0.124. The normalized spacial score (nSPS) is 15.0. The van der Waals surface area contributed by atoms with Gasteiger partial charge >= 0.3 is 0 Å². The van der Waals surface area contributed by atoms with Crippen LogP contribution >= 0.6 is 0 Å². The van der Waals surface area contributed by atoms with Gasteiger partial charge in [-0.3, -0.25) is 14.4 Å². The van der Waals surface area contributed by atoms with Crippen molar-refractivity contribution in [3.8, 4) is 0 Å². The van der Waals surface area contributed by atoms with Gasteiger partial charge in [-0.05, 0) is 62.8 Å². The minimum atomic E-state index is -0.661. The quantitative estimate of drug-likeness (QED) is 0.557. The third-order valence-corrected chi connectivity index (χ3v) is 6.35. The minimum absolute atomic E-state index is 0.0147. The summed E-state index contributed by atoms with van der Waals surface area (Å²) in [7, 11) is 1.62. The van der Waals surface area contributed by atoms with Crippen molar-refractivity contribution in [3.63, 3.8) is 0 Å². The van der Waals surface area contributed by atoms with Crippen molar-refractivity contribution >= 4 is 17.7 Å². The lowest BCUT2D eigenvalue weighted by Gasteiger charge is -2.36. The van der Waals surface area contributed by atoms with Gasteiger partial charge in [-0.25, -0.2) is 0 Å². The molecule has 3 amide bonds. The van der Waals surface area contributed by atoms with E-state index in [0.717, 1.165) is 11.1 Å². The van der Waals surface area contributed by atoms with Crippen LogP contribution in [0.4, 0.5) is 0 Å². The lowest BCUT2D eigenvalue weighted by atomic mass is 9.88. The van der Waals surface area contributed by atoms with E-state index in [1.165, 1.54) is 0 Å². The SMILES string of the molecule is COCCCNC(=O)C(NC(=O)c1cccc(C)c1)C1CCN(C(=O)c2ccccc2C)CC1. The Balaban J connectivity index is 1.68. The molecule has 1 heterocycles. The van der Waals surface area contributed by atoms with E-state index in [4.69, 9.17) is 4.74 Å². The summed E-state index contributed by atoms with van der Waals surface area (Å²) in [4.78, 5) is 40.9. The fourth-order valence-electron chi connectivity index (χ4n) is 4.37. The van der Waals surface area contributed by atoms with Crippen molar-refractivity contribution in [1.82, 2.24) is 15.5 Å². The lowest BCUT2D eigenvalue weighted by Crippen LogP contribution is -2.54. The van der Waals surface area contributed by atoms with E-state index in [1.807, 2.05) is 61.2 Å². The molecule has 3 rings (SSSR count).